The van der Waals surface area contributed by atoms with E-state index in [-0.39, 0.29) is 23.0 Å². The van der Waals surface area contributed by atoms with Crippen molar-refractivity contribution in [3.63, 3.8) is 0 Å². The zero-order valence-electron chi connectivity index (χ0n) is 8.85. The number of hydrogen-bond donors (Lipinski definition) is 2. The monoisotopic (exact) mass is 247 g/mol. The summed E-state index contributed by atoms with van der Waals surface area (Å²) in [5.41, 5.74) is 0.0703. The summed E-state index contributed by atoms with van der Waals surface area (Å²) in [5.74, 6) is -1.78. The number of rotatable bonds is 3. The average molecular weight is 247 g/mol. The van der Waals surface area contributed by atoms with Crippen molar-refractivity contribution in [3.8, 4) is 6.07 Å². The molecule has 0 radical (unpaired) electrons. The first kappa shape index (κ1) is 11.6. The van der Waals surface area contributed by atoms with E-state index < -0.39 is 11.8 Å². The van der Waals surface area contributed by atoms with Gasteiger partial charge in [0.1, 0.15) is 18.1 Å². The van der Waals surface area contributed by atoms with Crippen LogP contribution < -0.4 is 5.32 Å². The molecular formula is C11H6FN3O3. The van der Waals surface area contributed by atoms with Crippen LogP contribution >= 0.6 is 0 Å². The normalized spacial score (nSPS) is 9.78. The lowest BCUT2D eigenvalue weighted by atomic mass is 10.2. The van der Waals surface area contributed by atoms with Crippen molar-refractivity contribution in [2.24, 2.45) is 0 Å². The summed E-state index contributed by atoms with van der Waals surface area (Å²) in [5, 5.41) is 20.1. The smallest absolute Gasteiger partial charge is 0.357 e. The third-order valence-electron chi connectivity index (χ3n) is 2.07. The molecule has 0 aliphatic heterocycles. The van der Waals surface area contributed by atoms with Crippen LogP contribution in [0.2, 0.25) is 0 Å². The molecular weight excluding hydrogens is 241 g/mol. The van der Waals surface area contributed by atoms with E-state index in [1.165, 1.54) is 6.07 Å². The van der Waals surface area contributed by atoms with E-state index in [9.17, 15) is 9.18 Å². The van der Waals surface area contributed by atoms with Crippen LogP contribution in [0.15, 0.2) is 28.9 Å². The lowest BCUT2D eigenvalue weighted by Crippen LogP contribution is -1.98. The Morgan fingerprint density at radius 2 is 2.33 bits per heavy atom. The fraction of sp³-hybridized carbons (Fsp3) is 0. The molecule has 18 heavy (non-hydrogen) atoms. The molecule has 0 fully saturated rings. The zero-order valence-corrected chi connectivity index (χ0v) is 8.85. The third-order valence-corrected chi connectivity index (χ3v) is 2.07. The van der Waals surface area contributed by atoms with Gasteiger partial charge in [-0.3, -0.25) is 0 Å². The number of nitriles is 1. The molecule has 0 aliphatic rings. The molecule has 0 unspecified atom stereocenters. The summed E-state index contributed by atoms with van der Waals surface area (Å²) in [6.07, 6.45) is 0.959. The van der Waals surface area contributed by atoms with E-state index in [0.29, 0.717) is 0 Å². The maximum atomic E-state index is 12.9. The minimum Gasteiger partial charge on any atom is -0.476 e. The number of nitrogens with one attached hydrogen (secondary N) is 1. The topological polar surface area (TPSA) is 99.2 Å². The lowest BCUT2D eigenvalue weighted by Gasteiger charge is -2.03. The molecule has 6 nitrogen and oxygen atoms in total. The Labute approximate surface area is 100 Å². The predicted molar refractivity (Wildman–Crippen MR) is 57.9 cm³/mol. The summed E-state index contributed by atoms with van der Waals surface area (Å²) in [6.45, 7) is 0. The Morgan fingerprint density at radius 3 is 2.94 bits per heavy atom. The van der Waals surface area contributed by atoms with Gasteiger partial charge in [0, 0.05) is 0 Å². The van der Waals surface area contributed by atoms with Crippen molar-refractivity contribution in [1.82, 2.24) is 4.98 Å². The van der Waals surface area contributed by atoms with Crippen LogP contribution in [0.3, 0.4) is 0 Å². The number of hydrogen-bond acceptors (Lipinski definition) is 5. The molecule has 1 aromatic carbocycles. The molecule has 1 aromatic heterocycles. The van der Waals surface area contributed by atoms with Gasteiger partial charge in [0.2, 0.25) is 0 Å². The van der Waals surface area contributed by atoms with E-state index in [1.54, 1.807) is 6.07 Å². The predicted octanol–water partition coefficient (Wildman–Crippen LogP) is 2.13. The summed E-state index contributed by atoms with van der Waals surface area (Å²) < 4.78 is 17.7. The molecule has 0 bridgehead atoms. The van der Waals surface area contributed by atoms with Crippen LogP contribution in [0.4, 0.5) is 16.1 Å². The van der Waals surface area contributed by atoms with E-state index in [0.717, 1.165) is 18.4 Å². The largest absolute Gasteiger partial charge is 0.476 e. The van der Waals surface area contributed by atoms with Crippen molar-refractivity contribution in [2.45, 2.75) is 0 Å². The van der Waals surface area contributed by atoms with Crippen molar-refractivity contribution in [3.05, 3.63) is 41.5 Å². The van der Waals surface area contributed by atoms with Crippen LogP contribution in [-0.2, 0) is 0 Å². The van der Waals surface area contributed by atoms with Crippen LogP contribution in [-0.4, -0.2) is 16.1 Å². The van der Waals surface area contributed by atoms with Crippen molar-refractivity contribution < 1.29 is 18.7 Å². The van der Waals surface area contributed by atoms with Crippen LogP contribution in [0.25, 0.3) is 0 Å². The van der Waals surface area contributed by atoms with Gasteiger partial charge < -0.3 is 14.8 Å². The molecule has 90 valence electrons. The molecule has 1 heterocycles. The van der Waals surface area contributed by atoms with Gasteiger partial charge in [-0.1, -0.05) is 0 Å². The maximum absolute atomic E-state index is 12.9. The number of nitrogens with zero attached hydrogens (tertiary/aromatic N) is 2. The molecule has 2 aromatic rings. The van der Waals surface area contributed by atoms with E-state index in [2.05, 4.69) is 10.3 Å². The fourth-order valence-corrected chi connectivity index (χ4v) is 1.26. The number of carboxylic acid groups (broad SMARTS) is 1. The van der Waals surface area contributed by atoms with E-state index >= 15 is 0 Å². The first-order chi connectivity index (χ1) is 8.60. The number of benzene rings is 1. The number of aromatic nitrogens is 1. The zero-order chi connectivity index (χ0) is 13.1. The SMILES string of the molecule is N#Cc1cc(F)ccc1Nc1nc(C(=O)O)co1. The molecule has 2 rings (SSSR count). The Kier molecular flexibility index (Phi) is 2.93. The number of carboxylic acids is 1. The number of carbonyl (C=O) groups is 1. The van der Waals surface area contributed by atoms with Crippen LogP contribution in [0.1, 0.15) is 16.1 Å². The molecule has 0 saturated carbocycles. The van der Waals surface area contributed by atoms with Gasteiger partial charge in [-0.25, -0.2) is 9.18 Å². The number of halogens is 1. The minimum atomic E-state index is -1.23. The standard InChI is InChI=1S/C11H6FN3O3/c12-7-1-2-8(6(3-7)4-13)14-11-15-9(5-18-11)10(16)17/h1-3,5H,(H,14,15)(H,16,17). The Bertz CT molecular complexity index is 645. The summed E-state index contributed by atoms with van der Waals surface area (Å²) in [7, 11) is 0. The van der Waals surface area contributed by atoms with Gasteiger partial charge in [0.05, 0.1) is 11.3 Å². The molecule has 0 atom stereocenters. The quantitative estimate of drug-likeness (QED) is 0.861. The van der Waals surface area contributed by atoms with E-state index in [1.807, 2.05) is 0 Å². The average Bonchev–Trinajstić information content (AvgIpc) is 2.80. The van der Waals surface area contributed by atoms with Crippen molar-refractivity contribution in [2.75, 3.05) is 5.32 Å². The number of oxazole rings is 1. The Hall–Kier alpha value is -2.88. The summed E-state index contributed by atoms with van der Waals surface area (Å²) in [6, 6.07) is 5.24. The summed E-state index contributed by atoms with van der Waals surface area (Å²) in [4.78, 5) is 14.2. The van der Waals surface area contributed by atoms with E-state index in [4.69, 9.17) is 14.8 Å². The van der Waals surface area contributed by atoms with Gasteiger partial charge in [-0.2, -0.15) is 10.2 Å². The Balaban J connectivity index is 2.28. The molecule has 0 amide bonds. The second-order valence-electron chi connectivity index (χ2n) is 3.27. The number of anilines is 2. The first-order valence-corrected chi connectivity index (χ1v) is 4.75. The minimum absolute atomic E-state index is 0.0603. The first-order valence-electron chi connectivity index (χ1n) is 4.75. The van der Waals surface area contributed by atoms with Crippen LogP contribution in [0, 0.1) is 17.1 Å². The van der Waals surface area contributed by atoms with Gasteiger partial charge >= 0.3 is 5.97 Å². The van der Waals surface area contributed by atoms with Crippen molar-refractivity contribution in [1.29, 1.82) is 5.26 Å². The van der Waals surface area contributed by atoms with Crippen molar-refractivity contribution >= 4 is 17.7 Å². The highest BCUT2D eigenvalue weighted by atomic mass is 19.1. The molecule has 0 spiro atoms. The molecule has 0 aliphatic carbocycles. The van der Waals surface area contributed by atoms with Gasteiger partial charge in [-0.05, 0) is 18.2 Å². The van der Waals surface area contributed by atoms with Gasteiger partial charge in [0.15, 0.2) is 5.69 Å². The third kappa shape index (κ3) is 2.27. The Morgan fingerprint density at radius 1 is 1.56 bits per heavy atom. The highest BCUT2D eigenvalue weighted by molar-refractivity contribution is 5.85. The fourth-order valence-electron chi connectivity index (χ4n) is 1.26. The second-order valence-corrected chi connectivity index (χ2v) is 3.27. The van der Waals surface area contributed by atoms with Gasteiger partial charge in [0.25, 0.3) is 6.01 Å². The number of aromatic carboxylic acids is 1. The second kappa shape index (κ2) is 4.55. The molecule has 2 N–H and O–H groups in total. The lowest BCUT2D eigenvalue weighted by molar-refractivity contribution is 0.0690. The summed E-state index contributed by atoms with van der Waals surface area (Å²) >= 11 is 0. The highest BCUT2D eigenvalue weighted by Crippen LogP contribution is 2.20. The molecule has 0 saturated heterocycles. The van der Waals surface area contributed by atoms with Crippen LogP contribution in [0.5, 0.6) is 0 Å². The maximum Gasteiger partial charge on any atom is 0.357 e. The van der Waals surface area contributed by atoms with Gasteiger partial charge in [-0.15, -0.1) is 0 Å². The molecule has 7 heteroatoms. The highest BCUT2D eigenvalue weighted by Gasteiger charge is 2.12.